The van der Waals surface area contributed by atoms with E-state index in [2.05, 4.69) is 10.3 Å². The molecule has 2 aliphatic carbocycles. The maximum Gasteiger partial charge on any atom is 0.0422 e. The number of piperidine rings is 1. The Morgan fingerprint density at radius 3 is 1.95 bits per heavy atom. The normalized spacial score (nSPS) is 30.1. The molecule has 3 heteroatoms. The van der Waals surface area contributed by atoms with E-state index < -0.39 is 0 Å². The van der Waals surface area contributed by atoms with Gasteiger partial charge in [-0.15, -0.1) is 0 Å². The number of nitrogens with two attached hydrogens (primary N) is 1. The first-order valence-electron chi connectivity index (χ1n) is 9.58. The van der Waals surface area contributed by atoms with E-state index in [1.54, 1.807) is 0 Å². The lowest BCUT2D eigenvalue weighted by Crippen LogP contribution is -2.64. The van der Waals surface area contributed by atoms with E-state index in [1.807, 2.05) is 0 Å². The summed E-state index contributed by atoms with van der Waals surface area (Å²) in [5.74, 6) is 6.95. The van der Waals surface area contributed by atoms with Crippen LogP contribution in [0.15, 0.2) is 0 Å². The standard InChI is InChI=1S/C18H35N3/c19-20-17(16-10-4-1-2-5-11-16)18(12-6-7-13-18)21-14-8-3-9-15-21/h16-17,20H,1-15,19H2. The predicted molar refractivity (Wildman–Crippen MR) is 88.9 cm³/mol. The van der Waals surface area contributed by atoms with Crippen molar-refractivity contribution in [1.82, 2.24) is 10.3 Å². The van der Waals surface area contributed by atoms with E-state index in [4.69, 9.17) is 5.84 Å². The van der Waals surface area contributed by atoms with Crippen molar-refractivity contribution in [3.8, 4) is 0 Å². The number of rotatable bonds is 4. The molecule has 21 heavy (non-hydrogen) atoms. The van der Waals surface area contributed by atoms with Gasteiger partial charge in [-0.1, -0.05) is 44.9 Å². The second kappa shape index (κ2) is 7.43. The van der Waals surface area contributed by atoms with Crippen LogP contribution in [-0.2, 0) is 0 Å². The summed E-state index contributed by atoms with van der Waals surface area (Å²) in [7, 11) is 0. The first-order valence-corrected chi connectivity index (χ1v) is 9.58. The fourth-order valence-electron chi connectivity index (χ4n) is 5.52. The van der Waals surface area contributed by atoms with Crippen LogP contribution < -0.4 is 11.3 Å². The van der Waals surface area contributed by atoms with E-state index >= 15 is 0 Å². The van der Waals surface area contributed by atoms with Gasteiger partial charge in [0.05, 0.1) is 0 Å². The van der Waals surface area contributed by atoms with Gasteiger partial charge in [0.1, 0.15) is 0 Å². The van der Waals surface area contributed by atoms with Crippen molar-refractivity contribution in [2.24, 2.45) is 11.8 Å². The molecule has 3 nitrogen and oxygen atoms in total. The van der Waals surface area contributed by atoms with Crippen LogP contribution in [-0.4, -0.2) is 29.6 Å². The quantitative estimate of drug-likeness (QED) is 0.473. The zero-order chi connectivity index (χ0) is 14.5. The van der Waals surface area contributed by atoms with Crippen molar-refractivity contribution in [1.29, 1.82) is 0 Å². The third kappa shape index (κ3) is 3.30. The summed E-state index contributed by atoms with van der Waals surface area (Å²) < 4.78 is 0. The number of hydrogen-bond donors (Lipinski definition) is 2. The maximum atomic E-state index is 6.15. The molecule has 0 amide bonds. The number of nitrogens with one attached hydrogen (secondary N) is 1. The predicted octanol–water partition coefficient (Wildman–Crippen LogP) is 3.59. The Balaban J connectivity index is 1.79. The lowest BCUT2D eigenvalue weighted by molar-refractivity contribution is 0.0139. The van der Waals surface area contributed by atoms with Gasteiger partial charge in [-0.3, -0.25) is 16.2 Å². The Bertz CT molecular complexity index is 298. The van der Waals surface area contributed by atoms with Gasteiger partial charge in [-0.25, -0.2) is 0 Å². The molecule has 3 aliphatic rings. The molecule has 0 spiro atoms. The van der Waals surface area contributed by atoms with Gasteiger partial charge in [0.25, 0.3) is 0 Å². The third-order valence-electron chi connectivity index (χ3n) is 6.58. The Kier molecular flexibility index (Phi) is 5.58. The molecule has 1 unspecified atom stereocenters. The molecule has 2 saturated carbocycles. The van der Waals surface area contributed by atoms with Crippen molar-refractivity contribution in [2.45, 2.75) is 95.1 Å². The maximum absolute atomic E-state index is 6.15. The van der Waals surface area contributed by atoms with E-state index in [0.717, 1.165) is 5.92 Å². The highest BCUT2D eigenvalue weighted by molar-refractivity contribution is 5.06. The van der Waals surface area contributed by atoms with E-state index in [1.165, 1.54) is 96.6 Å². The van der Waals surface area contributed by atoms with Gasteiger partial charge in [-0.2, -0.15) is 0 Å². The van der Waals surface area contributed by atoms with Gasteiger partial charge >= 0.3 is 0 Å². The van der Waals surface area contributed by atoms with Gasteiger partial charge in [0.2, 0.25) is 0 Å². The van der Waals surface area contributed by atoms with Crippen LogP contribution in [0.4, 0.5) is 0 Å². The van der Waals surface area contributed by atoms with Crippen molar-refractivity contribution in [3.05, 3.63) is 0 Å². The number of hydrogen-bond acceptors (Lipinski definition) is 3. The molecule has 3 fully saturated rings. The monoisotopic (exact) mass is 293 g/mol. The van der Waals surface area contributed by atoms with Crippen molar-refractivity contribution in [3.63, 3.8) is 0 Å². The van der Waals surface area contributed by atoms with E-state index in [-0.39, 0.29) is 0 Å². The zero-order valence-electron chi connectivity index (χ0n) is 13.8. The first kappa shape index (κ1) is 15.8. The number of likely N-dealkylation sites (tertiary alicyclic amines) is 1. The minimum atomic E-state index is 0.379. The van der Waals surface area contributed by atoms with Crippen LogP contribution in [0.25, 0.3) is 0 Å². The Labute approximate surface area is 131 Å². The van der Waals surface area contributed by atoms with Crippen molar-refractivity contribution in [2.75, 3.05) is 13.1 Å². The van der Waals surface area contributed by atoms with Gasteiger partial charge < -0.3 is 0 Å². The van der Waals surface area contributed by atoms with Crippen molar-refractivity contribution < 1.29 is 0 Å². The van der Waals surface area contributed by atoms with Crippen LogP contribution in [0.1, 0.15) is 83.5 Å². The summed E-state index contributed by atoms with van der Waals surface area (Å²) in [6.45, 7) is 2.62. The Hall–Kier alpha value is -0.120. The van der Waals surface area contributed by atoms with E-state index in [9.17, 15) is 0 Å². The summed E-state index contributed by atoms with van der Waals surface area (Å²) in [6.07, 6.45) is 18.3. The first-order chi connectivity index (χ1) is 10.4. The molecule has 3 rings (SSSR count). The molecule has 0 bridgehead atoms. The Morgan fingerprint density at radius 2 is 1.38 bits per heavy atom. The number of nitrogens with zero attached hydrogens (tertiary/aromatic N) is 1. The fraction of sp³-hybridized carbons (Fsp3) is 1.00. The third-order valence-corrected chi connectivity index (χ3v) is 6.58. The summed E-state index contributed by atoms with van der Waals surface area (Å²) in [5, 5.41) is 0. The lowest BCUT2D eigenvalue weighted by Gasteiger charge is -2.50. The molecule has 122 valence electrons. The number of hydrazine groups is 1. The molecule has 0 radical (unpaired) electrons. The van der Waals surface area contributed by atoms with Crippen LogP contribution >= 0.6 is 0 Å². The van der Waals surface area contributed by atoms with Gasteiger partial charge in [0.15, 0.2) is 0 Å². The molecule has 1 atom stereocenters. The van der Waals surface area contributed by atoms with Gasteiger partial charge in [0, 0.05) is 11.6 Å². The van der Waals surface area contributed by atoms with E-state index in [0.29, 0.717) is 11.6 Å². The largest absolute Gasteiger partial charge is 0.296 e. The highest BCUT2D eigenvalue weighted by atomic mass is 15.3. The fourth-order valence-corrected chi connectivity index (χ4v) is 5.52. The summed E-state index contributed by atoms with van der Waals surface area (Å²) in [4.78, 5) is 2.85. The minimum Gasteiger partial charge on any atom is -0.296 e. The van der Waals surface area contributed by atoms with Crippen LogP contribution in [0.2, 0.25) is 0 Å². The van der Waals surface area contributed by atoms with Gasteiger partial charge in [-0.05, 0) is 57.5 Å². The summed E-state index contributed by atoms with van der Waals surface area (Å²) in [6, 6.07) is 0.524. The smallest absolute Gasteiger partial charge is 0.0422 e. The highest BCUT2D eigenvalue weighted by Gasteiger charge is 2.48. The molecule has 3 N–H and O–H groups in total. The average molecular weight is 293 g/mol. The lowest BCUT2D eigenvalue weighted by atomic mass is 9.75. The second-order valence-electron chi connectivity index (χ2n) is 7.75. The molecule has 1 aliphatic heterocycles. The van der Waals surface area contributed by atoms with Crippen molar-refractivity contribution >= 4 is 0 Å². The SMILES string of the molecule is NNC(C1CCCCCC1)C1(N2CCCCC2)CCCC1. The topological polar surface area (TPSA) is 41.3 Å². The van der Waals surface area contributed by atoms with Crippen LogP contribution in [0.3, 0.4) is 0 Å². The van der Waals surface area contributed by atoms with Crippen LogP contribution in [0, 0.1) is 5.92 Å². The molecular weight excluding hydrogens is 258 g/mol. The molecule has 1 saturated heterocycles. The zero-order valence-corrected chi connectivity index (χ0v) is 13.8. The Morgan fingerprint density at radius 1 is 0.810 bits per heavy atom. The summed E-state index contributed by atoms with van der Waals surface area (Å²) in [5.41, 5.74) is 3.72. The second-order valence-corrected chi connectivity index (χ2v) is 7.75. The summed E-state index contributed by atoms with van der Waals surface area (Å²) >= 11 is 0. The minimum absolute atomic E-state index is 0.379. The van der Waals surface area contributed by atoms with Crippen LogP contribution in [0.5, 0.6) is 0 Å². The molecule has 1 heterocycles. The molecule has 0 aromatic rings. The highest BCUT2D eigenvalue weighted by Crippen LogP contribution is 2.43. The average Bonchev–Trinajstić information content (AvgIpc) is 2.87. The molecule has 0 aromatic carbocycles. The molecular formula is C18H35N3. The molecule has 0 aromatic heterocycles.